The third-order valence-corrected chi connectivity index (χ3v) is 6.75. The first-order valence-electron chi connectivity index (χ1n) is 12.6. The van der Waals surface area contributed by atoms with Crippen LogP contribution in [0.4, 0.5) is 11.6 Å². The average molecular weight is 500 g/mol. The van der Waals surface area contributed by atoms with Gasteiger partial charge in [-0.05, 0) is 36.8 Å². The lowest BCUT2D eigenvalue weighted by molar-refractivity contribution is 0.318. The van der Waals surface area contributed by atoms with E-state index in [4.69, 9.17) is 9.51 Å². The largest absolute Gasteiger partial charge is 0.368 e. The molecule has 0 amide bonds. The van der Waals surface area contributed by atoms with Crippen LogP contribution >= 0.6 is 0 Å². The van der Waals surface area contributed by atoms with Crippen molar-refractivity contribution >= 4 is 11.6 Å². The molecule has 1 atom stereocenters. The van der Waals surface area contributed by atoms with E-state index in [9.17, 15) is 4.79 Å². The van der Waals surface area contributed by atoms with E-state index in [1.807, 2.05) is 12.1 Å². The van der Waals surface area contributed by atoms with Gasteiger partial charge in [-0.15, -0.1) is 0 Å². The van der Waals surface area contributed by atoms with Crippen LogP contribution < -0.4 is 15.4 Å². The van der Waals surface area contributed by atoms with E-state index >= 15 is 0 Å². The Labute approximate surface area is 216 Å². The van der Waals surface area contributed by atoms with Crippen molar-refractivity contribution in [2.75, 3.05) is 29.4 Å². The number of anilines is 2. The van der Waals surface area contributed by atoms with Gasteiger partial charge in [0.25, 0.3) is 5.56 Å². The predicted molar refractivity (Wildman–Crippen MR) is 144 cm³/mol. The minimum absolute atomic E-state index is 0.0711. The number of nitrogens with zero attached hydrogens (tertiary/aromatic N) is 7. The van der Waals surface area contributed by atoms with E-state index in [1.165, 1.54) is 5.69 Å². The lowest BCUT2D eigenvalue weighted by Crippen LogP contribution is -2.53. The minimum Gasteiger partial charge on any atom is -0.368 e. The Morgan fingerprint density at radius 1 is 1.03 bits per heavy atom. The van der Waals surface area contributed by atoms with Crippen molar-refractivity contribution in [3.8, 4) is 11.3 Å². The van der Waals surface area contributed by atoms with Gasteiger partial charge in [0.05, 0.1) is 5.69 Å². The van der Waals surface area contributed by atoms with Crippen LogP contribution in [-0.4, -0.2) is 50.4 Å². The van der Waals surface area contributed by atoms with Crippen molar-refractivity contribution in [1.82, 2.24) is 24.7 Å². The quantitative estimate of drug-likeness (QED) is 0.409. The summed E-state index contributed by atoms with van der Waals surface area (Å²) in [4.78, 5) is 30.8. The highest BCUT2D eigenvalue weighted by Gasteiger charge is 2.27. The predicted octanol–water partition coefficient (Wildman–Crippen LogP) is 3.83. The molecule has 192 valence electrons. The van der Waals surface area contributed by atoms with E-state index in [1.54, 1.807) is 30.1 Å². The Balaban J connectivity index is 1.28. The second-order valence-corrected chi connectivity index (χ2v) is 10.7. The molecule has 5 rings (SSSR count). The van der Waals surface area contributed by atoms with Gasteiger partial charge in [0.2, 0.25) is 11.8 Å². The minimum atomic E-state index is -0.157. The molecule has 37 heavy (non-hydrogen) atoms. The zero-order valence-corrected chi connectivity index (χ0v) is 22.0. The number of piperazine rings is 1. The van der Waals surface area contributed by atoms with Crippen LogP contribution in [0.15, 0.2) is 64.2 Å². The normalized spacial score (nSPS) is 16.3. The van der Waals surface area contributed by atoms with Crippen LogP contribution in [-0.2, 0) is 18.9 Å². The molecule has 1 aliphatic rings. The Morgan fingerprint density at radius 2 is 1.76 bits per heavy atom. The summed E-state index contributed by atoms with van der Waals surface area (Å²) >= 11 is 0. The van der Waals surface area contributed by atoms with Gasteiger partial charge in [-0.25, -0.2) is 4.98 Å². The smallest absolute Gasteiger partial charge is 0.255 e. The van der Waals surface area contributed by atoms with E-state index in [0.29, 0.717) is 29.8 Å². The third kappa shape index (κ3) is 5.26. The number of hydrogen-bond acceptors (Lipinski definition) is 8. The molecule has 1 aliphatic heterocycles. The van der Waals surface area contributed by atoms with Crippen LogP contribution in [0.1, 0.15) is 45.0 Å². The highest BCUT2D eigenvalue weighted by atomic mass is 16.5. The van der Waals surface area contributed by atoms with Crippen molar-refractivity contribution in [2.45, 2.75) is 45.6 Å². The highest BCUT2D eigenvalue weighted by Crippen LogP contribution is 2.25. The molecule has 0 radical (unpaired) electrons. The highest BCUT2D eigenvalue weighted by molar-refractivity contribution is 5.60. The van der Waals surface area contributed by atoms with E-state index < -0.39 is 0 Å². The number of benzene rings is 1. The maximum atomic E-state index is 12.7. The summed E-state index contributed by atoms with van der Waals surface area (Å²) in [5, 5.41) is 4.14. The lowest BCUT2D eigenvalue weighted by atomic mass is 9.97. The average Bonchev–Trinajstić information content (AvgIpc) is 3.36. The summed E-state index contributed by atoms with van der Waals surface area (Å²) in [5.41, 5.74) is 3.64. The number of pyridine rings is 1. The van der Waals surface area contributed by atoms with Crippen molar-refractivity contribution in [3.63, 3.8) is 0 Å². The molecule has 1 fully saturated rings. The fraction of sp³-hybridized carbons (Fsp3) is 0.393. The summed E-state index contributed by atoms with van der Waals surface area (Å²) in [6.07, 6.45) is 4.07. The van der Waals surface area contributed by atoms with Crippen LogP contribution in [0.25, 0.3) is 11.3 Å². The second-order valence-electron chi connectivity index (χ2n) is 10.7. The monoisotopic (exact) mass is 499 g/mol. The summed E-state index contributed by atoms with van der Waals surface area (Å²) in [7, 11) is 1.78. The van der Waals surface area contributed by atoms with E-state index in [-0.39, 0.29) is 17.0 Å². The summed E-state index contributed by atoms with van der Waals surface area (Å²) in [6.45, 7) is 10.8. The Hall–Kier alpha value is -4.01. The number of hydrogen-bond donors (Lipinski definition) is 0. The first kappa shape index (κ1) is 24.7. The van der Waals surface area contributed by atoms with Gasteiger partial charge in [0.15, 0.2) is 5.82 Å². The van der Waals surface area contributed by atoms with Crippen molar-refractivity contribution < 1.29 is 4.52 Å². The topological polar surface area (TPSA) is 93.2 Å². The zero-order chi connectivity index (χ0) is 26.2. The number of aromatic nitrogens is 5. The maximum Gasteiger partial charge on any atom is 0.255 e. The second kappa shape index (κ2) is 9.80. The molecule has 1 aromatic carbocycles. The molecular formula is C28H33N7O2. The molecule has 0 saturated carbocycles. The van der Waals surface area contributed by atoms with E-state index in [0.717, 1.165) is 30.8 Å². The molecule has 1 saturated heterocycles. The summed E-state index contributed by atoms with van der Waals surface area (Å²) < 4.78 is 7.06. The maximum absolute atomic E-state index is 12.7. The van der Waals surface area contributed by atoms with Gasteiger partial charge in [0.1, 0.15) is 0 Å². The van der Waals surface area contributed by atoms with Gasteiger partial charge in [-0.3, -0.25) is 14.3 Å². The SMILES string of the molecule is CC1CN(c2ccc(Cc3noc(C(C)(C)C)n3)cc2)CCN1c1nc(-c2ccncc2)cc(=O)n1C. The van der Waals surface area contributed by atoms with Crippen LogP contribution in [0.3, 0.4) is 0 Å². The van der Waals surface area contributed by atoms with Crippen LogP contribution in [0.5, 0.6) is 0 Å². The zero-order valence-electron chi connectivity index (χ0n) is 22.0. The third-order valence-electron chi connectivity index (χ3n) is 6.75. The first-order chi connectivity index (χ1) is 17.7. The van der Waals surface area contributed by atoms with Crippen LogP contribution in [0, 0.1) is 0 Å². The molecule has 4 aromatic rings. The standard InChI is InChI=1S/C28H33N7O2/c1-19-18-34(22-8-6-20(7-9-22)16-24-31-26(37-32-24)28(2,3)4)14-15-35(19)27-30-23(17-25(36)33(27)5)21-10-12-29-13-11-21/h6-13,17,19H,14-16,18H2,1-5H3. The Morgan fingerprint density at radius 3 is 2.41 bits per heavy atom. The molecule has 0 bridgehead atoms. The van der Waals surface area contributed by atoms with Gasteiger partial charge >= 0.3 is 0 Å². The molecular weight excluding hydrogens is 466 g/mol. The lowest BCUT2D eigenvalue weighted by Gasteiger charge is -2.42. The Bertz CT molecular complexity index is 1420. The molecule has 1 unspecified atom stereocenters. The molecule has 0 N–H and O–H groups in total. The van der Waals surface area contributed by atoms with Crippen molar-refractivity contribution in [1.29, 1.82) is 0 Å². The summed E-state index contributed by atoms with van der Waals surface area (Å²) in [6, 6.07) is 14.1. The fourth-order valence-corrected chi connectivity index (χ4v) is 4.58. The summed E-state index contributed by atoms with van der Waals surface area (Å²) in [5.74, 6) is 2.05. The number of rotatable bonds is 5. The van der Waals surface area contributed by atoms with Crippen molar-refractivity contribution in [2.24, 2.45) is 7.05 Å². The molecule has 9 nitrogen and oxygen atoms in total. The van der Waals surface area contributed by atoms with E-state index in [2.05, 4.69) is 76.9 Å². The Kier molecular flexibility index (Phi) is 6.54. The first-order valence-corrected chi connectivity index (χ1v) is 12.6. The molecule has 0 spiro atoms. The molecule has 9 heteroatoms. The van der Waals surface area contributed by atoms with Gasteiger partial charge in [-0.1, -0.05) is 38.1 Å². The van der Waals surface area contributed by atoms with Gasteiger partial charge < -0.3 is 14.3 Å². The van der Waals surface area contributed by atoms with Crippen LogP contribution in [0.2, 0.25) is 0 Å². The fourth-order valence-electron chi connectivity index (χ4n) is 4.58. The van der Waals surface area contributed by atoms with Crippen molar-refractivity contribution in [3.05, 3.63) is 82.5 Å². The molecule has 3 aromatic heterocycles. The molecule has 0 aliphatic carbocycles. The molecule has 4 heterocycles. The van der Waals surface area contributed by atoms with Gasteiger partial charge in [0, 0.05) is 74.3 Å². The van der Waals surface area contributed by atoms with Gasteiger partial charge in [-0.2, -0.15) is 4.98 Å².